The zero-order valence-corrected chi connectivity index (χ0v) is 14.2. The van der Waals surface area contributed by atoms with Crippen LogP contribution < -0.4 is 5.32 Å². The molecule has 0 spiro atoms. The quantitative estimate of drug-likeness (QED) is 0.552. The molecular weight excluding hydrogens is 282 g/mol. The molecule has 0 heterocycles. The number of unbranched alkanes of at least 4 members (excludes halogenated alkanes) is 4. The second-order valence-electron chi connectivity index (χ2n) is 6.34. The molecule has 2 N–H and O–H groups in total. The Morgan fingerprint density at radius 2 is 1.39 bits per heavy atom. The van der Waals surface area contributed by atoms with E-state index >= 15 is 0 Å². The monoisotopic (exact) mass is 311 g/mol. The Labute approximate surface area is 140 Å². The third-order valence-corrected chi connectivity index (χ3v) is 4.10. The smallest absolute Gasteiger partial charge is 0.0512 e. The number of nitrogens with one attached hydrogen (secondary N) is 1. The van der Waals surface area contributed by atoms with E-state index in [0.29, 0.717) is 0 Å². The van der Waals surface area contributed by atoms with E-state index in [-0.39, 0.29) is 6.10 Å². The molecule has 2 heteroatoms. The maximum atomic E-state index is 9.21. The topological polar surface area (TPSA) is 32.3 Å². The molecule has 1 atom stereocenters. The molecule has 2 aromatic carbocycles. The number of hydrogen-bond acceptors (Lipinski definition) is 2. The van der Waals surface area contributed by atoms with Crippen LogP contribution in [0.1, 0.15) is 51.0 Å². The van der Waals surface area contributed by atoms with Crippen molar-refractivity contribution in [3.8, 4) is 0 Å². The van der Waals surface area contributed by atoms with Gasteiger partial charge in [0.15, 0.2) is 0 Å². The molecule has 2 rings (SSSR count). The van der Waals surface area contributed by atoms with Crippen LogP contribution in [0.3, 0.4) is 0 Å². The van der Waals surface area contributed by atoms with Crippen molar-refractivity contribution in [3.05, 3.63) is 60.2 Å². The molecule has 124 valence electrons. The van der Waals surface area contributed by atoms with Gasteiger partial charge in [0.25, 0.3) is 0 Å². The van der Waals surface area contributed by atoms with Crippen molar-refractivity contribution in [3.63, 3.8) is 0 Å². The maximum Gasteiger partial charge on any atom is 0.0512 e. The van der Waals surface area contributed by atoms with Crippen LogP contribution in [0.25, 0.3) is 0 Å². The molecule has 0 aliphatic carbocycles. The second-order valence-corrected chi connectivity index (χ2v) is 6.34. The Morgan fingerprint density at radius 3 is 2.09 bits per heavy atom. The van der Waals surface area contributed by atoms with Crippen LogP contribution in [0.2, 0.25) is 0 Å². The highest BCUT2D eigenvalue weighted by Gasteiger charge is 1.98. The summed E-state index contributed by atoms with van der Waals surface area (Å²) in [7, 11) is 0. The third-order valence-electron chi connectivity index (χ3n) is 4.10. The molecule has 2 nitrogen and oxygen atoms in total. The van der Waals surface area contributed by atoms with Gasteiger partial charge >= 0.3 is 0 Å². The maximum absolute atomic E-state index is 9.21. The molecule has 0 aromatic heterocycles. The van der Waals surface area contributed by atoms with Crippen molar-refractivity contribution < 1.29 is 5.11 Å². The van der Waals surface area contributed by atoms with Gasteiger partial charge < -0.3 is 10.4 Å². The van der Waals surface area contributed by atoms with Crippen LogP contribution >= 0.6 is 0 Å². The van der Waals surface area contributed by atoms with Crippen molar-refractivity contribution in [2.45, 2.75) is 58.0 Å². The molecular formula is C21H29NO. The fourth-order valence-electron chi connectivity index (χ4n) is 2.74. The predicted octanol–water partition coefficient (Wildman–Crippen LogP) is 5.69. The fraction of sp³-hybridized carbons (Fsp3) is 0.429. The van der Waals surface area contributed by atoms with E-state index in [1.54, 1.807) is 0 Å². The first-order chi connectivity index (χ1) is 11.2. The molecule has 0 aliphatic rings. The van der Waals surface area contributed by atoms with Gasteiger partial charge in [-0.2, -0.15) is 0 Å². The van der Waals surface area contributed by atoms with E-state index in [1.807, 2.05) is 25.1 Å². The summed E-state index contributed by atoms with van der Waals surface area (Å²) in [4.78, 5) is 0. The number of para-hydroxylation sites is 1. The lowest BCUT2D eigenvalue weighted by atomic mass is 10.0. The lowest BCUT2D eigenvalue weighted by Crippen LogP contribution is -1.98. The van der Waals surface area contributed by atoms with Crippen LogP contribution in [0.5, 0.6) is 0 Å². The molecule has 0 amide bonds. The number of hydrogen-bond donors (Lipinski definition) is 2. The van der Waals surface area contributed by atoms with Crippen molar-refractivity contribution in [1.82, 2.24) is 0 Å². The van der Waals surface area contributed by atoms with Crippen molar-refractivity contribution >= 4 is 11.4 Å². The van der Waals surface area contributed by atoms with Gasteiger partial charge in [0.1, 0.15) is 0 Å². The SMILES string of the molecule is CC(O)CCCCCCCc1ccc(Nc2ccccc2)cc1. The van der Waals surface area contributed by atoms with E-state index in [2.05, 4.69) is 41.7 Å². The standard InChI is InChI=1S/C21H29NO/c1-18(23)10-6-3-2-4-7-11-19-14-16-21(17-15-19)22-20-12-8-5-9-13-20/h5,8-9,12-18,22-23H,2-4,6-7,10-11H2,1H3. The van der Waals surface area contributed by atoms with Crippen molar-refractivity contribution in [2.75, 3.05) is 5.32 Å². The molecule has 0 bridgehead atoms. The molecule has 1 unspecified atom stereocenters. The van der Waals surface area contributed by atoms with Crippen LogP contribution in [0.15, 0.2) is 54.6 Å². The molecule has 0 saturated carbocycles. The first-order valence-corrected chi connectivity index (χ1v) is 8.83. The highest BCUT2D eigenvalue weighted by atomic mass is 16.3. The normalized spacial score (nSPS) is 12.1. The lowest BCUT2D eigenvalue weighted by Gasteiger charge is -2.08. The minimum absolute atomic E-state index is 0.141. The Bertz CT molecular complexity index is 534. The number of rotatable bonds is 10. The Balaban J connectivity index is 1.63. The summed E-state index contributed by atoms with van der Waals surface area (Å²) in [5.74, 6) is 0. The summed E-state index contributed by atoms with van der Waals surface area (Å²) in [6, 6.07) is 19.0. The number of aliphatic hydroxyl groups excluding tert-OH is 1. The molecule has 0 fully saturated rings. The fourth-order valence-corrected chi connectivity index (χ4v) is 2.74. The Hall–Kier alpha value is -1.80. The van der Waals surface area contributed by atoms with E-state index in [9.17, 15) is 5.11 Å². The molecule has 0 aliphatic heterocycles. The highest BCUT2D eigenvalue weighted by molar-refractivity contribution is 5.59. The summed E-state index contributed by atoms with van der Waals surface area (Å²) in [5, 5.41) is 12.6. The van der Waals surface area contributed by atoms with Crippen molar-refractivity contribution in [2.24, 2.45) is 0 Å². The average molecular weight is 311 g/mol. The highest BCUT2D eigenvalue weighted by Crippen LogP contribution is 2.18. The summed E-state index contributed by atoms with van der Waals surface area (Å²) in [6.45, 7) is 1.87. The van der Waals surface area contributed by atoms with E-state index < -0.39 is 0 Å². The first-order valence-electron chi connectivity index (χ1n) is 8.83. The Morgan fingerprint density at radius 1 is 0.783 bits per heavy atom. The van der Waals surface area contributed by atoms with Crippen LogP contribution in [-0.2, 0) is 6.42 Å². The minimum Gasteiger partial charge on any atom is -0.393 e. The summed E-state index contributed by atoms with van der Waals surface area (Å²) >= 11 is 0. The molecule has 0 saturated heterocycles. The lowest BCUT2D eigenvalue weighted by molar-refractivity contribution is 0.180. The number of anilines is 2. The number of benzene rings is 2. The van der Waals surface area contributed by atoms with Gasteiger partial charge in [-0.1, -0.05) is 56.0 Å². The molecule has 23 heavy (non-hydrogen) atoms. The number of aliphatic hydroxyl groups is 1. The van der Waals surface area contributed by atoms with E-state index in [1.165, 1.54) is 31.2 Å². The summed E-state index contributed by atoms with van der Waals surface area (Å²) < 4.78 is 0. The summed E-state index contributed by atoms with van der Waals surface area (Å²) in [6.07, 6.45) is 8.16. The average Bonchev–Trinajstić information content (AvgIpc) is 2.56. The van der Waals surface area contributed by atoms with Gasteiger partial charge in [-0.05, 0) is 56.0 Å². The van der Waals surface area contributed by atoms with Gasteiger partial charge in [-0.15, -0.1) is 0 Å². The first kappa shape index (κ1) is 17.6. The molecule has 2 aromatic rings. The van der Waals surface area contributed by atoms with Gasteiger partial charge in [0.2, 0.25) is 0 Å². The van der Waals surface area contributed by atoms with Gasteiger partial charge in [0, 0.05) is 11.4 Å². The zero-order chi connectivity index (χ0) is 16.3. The minimum atomic E-state index is -0.141. The Kier molecular flexibility index (Phi) is 7.68. The largest absolute Gasteiger partial charge is 0.393 e. The third kappa shape index (κ3) is 7.34. The molecule has 0 radical (unpaired) electrons. The number of aryl methyl sites for hydroxylation is 1. The van der Waals surface area contributed by atoms with Crippen molar-refractivity contribution in [1.29, 1.82) is 0 Å². The second kappa shape index (κ2) is 10.1. The van der Waals surface area contributed by atoms with Gasteiger partial charge in [-0.25, -0.2) is 0 Å². The van der Waals surface area contributed by atoms with Gasteiger partial charge in [0.05, 0.1) is 6.10 Å². The van der Waals surface area contributed by atoms with E-state index in [4.69, 9.17) is 0 Å². The van der Waals surface area contributed by atoms with E-state index in [0.717, 1.165) is 30.6 Å². The van der Waals surface area contributed by atoms with Crippen LogP contribution in [-0.4, -0.2) is 11.2 Å². The zero-order valence-electron chi connectivity index (χ0n) is 14.2. The predicted molar refractivity (Wildman–Crippen MR) is 99.3 cm³/mol. The van der Waals surface area contributed by atoms with Crippen LogP contribution in [0, 0.1) is 0 Å². The van der Waals surface area contributed by atoms with Gasteiger partial charge in [-0.3, -0.25) is 0 Å². The van der Waals surface area contributed by atoms with Crippen LogP contribution in [0.4, 0.5) is 11.4 Å². The summed E-state index contributed by atoms with van der Waals surface area (Å²) in [5.41, 5.74) is 3.67.